The second-order valence-electron chi connectivity index (χ2n) is 7.65. The predicted octanol–water partition coefficient (Wildman–Crippen LogP) is 2.56. The Morgan fingerprint density at radius 2 is 2.07 bits per heavy atom. The molecule has 4 heterocycles. The number of rotatable bonds is 7. The first-order valence-corrected chi connectivity index (χ1v) is 10.7. The van der Waals surface area contributed by atoms with E-state index in [0.717, 1.165) is 61.5 Å². The number of aromatic nitrogens is 3. The summed E-state index contributed by atoms with van der Waals surface area (Å²) in [6.07, 6.45) is 5.74. The second-order valence-corrected chi connectivity index (χ2v) is 7.65. The van der Waals surface area contributed by atoms with Crippen LogP contribution >= 0.6 is 0 Å². The average Bonchev–Trinajstić information content (AvgIpc) is 3.26. The van der Waals surface area contributed by atoms with Crippen LogP contribution in [0.5, 0.6) is 0 Å². The fraction of sp³-hybridized carbons (Fsp3) is 0.500. The third-order valence-corrected chi connectivity index (χ3v) is 5.93. The van der Waals surface area contributed by atoms with E-state index in [4.69, 9.17) is 4.98 Å². The summed E-state index contributed by atoms with van der Waals surface area (Å²) in [5.41, 5.74) is 2.80. The summed E-state index contributed by atoms with van der Waals surface area (Å²) in [6, 6.07) is 8.09. The summed E-state index contributed by atoms with van der Waals surface area (Å²) in [5, 5.41) is 3.14. The molecule has 1 saturated heterocycles. The number of fused-ring (bicyclic) bond motifs is 3. The Hall–Kier alpha value is -2.67. The van der Waals surface area contributed by atoms with Gasteiger partial charge in [0.25, 0.3) is 0 Å². The van der Waals surface area contributed by atoms with Crippen LogP contribution in [0.3, 0.4) is 0 Å². The zero-order valence-corrected chi connectivity index (χ0v) is 17.3. The largest absolute Gasteiger partial charge is 0.355 e. The molecule has 0 saturated carbocycles. The number of piperidine rings is 1. The topological polar surface area (TPSA) is 65.8 Å². The van der Waals surface area contributed by atoms with Crippen molar-refractivity contribution < 1.29 is 4.79 Å². The molecule has 1 aliphatic heterocycles. The summed E-state index contributed by atoms with van der Waals surface area (Å²) in [5.74, 6) is 1.07. The molecule has 1 aliphatic rings. The summed E-state index contributed by atoms with van der Waals surface area (Å²) >= 11 is 0. The number of carbonyl (C=O) groups is 1. The van der Waals surface area contributed by atoms with Crippen LogP contribution in [0, 0.1) is 5.92 Å². The van der Waals surface area contributed by atoms with Crippen LogP contribution in [-0.2, 0) is 4.79 Å². The first-order valence-electron chi connectivity index (χ1n) is 10.7. The van der Waals surface area contributed by atoms with Gasteiger partial charge in [0.15, 0.2) is 11.5 Å². The van der Waals surface area contributed by atoms with Gasteiger partial charge < -0.3 is 19.5 Å². The maximum absolute atomic E-state index is 12.8. The molecule has 0 aromatic carbocycles. The van der Waals surface area contributed by atoms with E-state index >= 15 is 0 Å². The Morgan fingerprint density at radius 1 is 1.24 bits per heavy atom. The zero-order chi connectivity index (χ0) is 20.2. The quantitative estimate of drug-likeness (QED) is 0.667. The minimum Gasteiger partial charge on any atom is -0.355 e. The number of nitrogens with zero attached hydrogens (tertiary/aromatic N) is 5. The minimum atomic E-state index is -0.00306. The van der Waals surface area contributed by atoms with Crippen molar-refractivity contribution in [3.8, 4) is 0 Å². The molecule has 1 atom stereocenters. The van der Waals surface area contributed by atoms with Crippen LogP contribution in [-0.4, -0.2) is 64.4 Å². The van der Waals surface area contributed by atoms with E-state index in [1.54, 1.807) is 6.20 Å². The number of likely N-dealkylation sites (N-methyl/N-ethyl adjacent to an activating group) is 1. The Balaban J connectivity index is 1.49. The van der Waals surface area contributed by atoms with Gasteiger partial charge in [-0.15, -0.1) is 0 Å². The molecule has 4 rings (SSSR count). The molecule has 0 aliphatic carbocycles. The highest BCUT2D eigenvalue weighted by molar-refractivity contribution is 5.84. The molecular formula is C22H30N6O. The Kier molecular flexibility index (Phi) is 5.94. The Morgan fingerprint density at radius 3 is 2.90 bits per heavy atom. The van der Waals surface area contributed by atoms with E-state index in [1.165, 1.54) is 0 Å². The van der Waals surface area contributed by atoms with E-state index in [2.05, 4.69) is 44.4 Å². The summed E-state index contributed by atoms with van der Waals surface area (Å²) in [6.45, 7) is 9.54. The van der Waals surface area contributed by atoms with Gasteiger partial charge in [0.2, 0.25) is 5.91 Å². The van der Waals surface area contributed by atoms with Crippen molar-refractivity contribution in [1.82, 2.24) is 24.6 Å². The fourth-order valence-corrected chi connectivity index (χ4v) is 4.23. The highest BCUT2D eigenvalue weighted by atomic mass is 16.1. The summed E-state index contributed by atoms with van der Waals surface area (Å²) in [4.78, 5) is 26.6. The lowest BCUT2D eigenvalue weighted by atomic mass is 9.97. The second kappa shape index (κ2) is 8.78. The van der Waals surface area contributed by atoms with Crippen molar-refractivity contribution in [3.05, 3.63) is 36.7 Å². The normalized spacial score (nSPS) is 17.3. The van der Waals surface area contributed by atoms with Gasteiger partial charge in [-0.2, -0.15) is 0 Å². The van der Waals surface area contributed by atoms with E-state index in [-0.39, 0.29) is 11.8 Å². The maximum Gasteiger partial charge on any atom is 0.224 e. The van der Waals surface area contributed by atoms with E-state index in [9.17, 15) is 4.79 Å². The molecule has 29 heavy (non-hydrogen) atoms. The Bertz CT molecular complexity index is 980. The van der Waals surface area contributed by atoms with Crippen molar-refractivity contribution in [3.63, 3.8) is 0 Å². The molecular weight excluding hydrogens is 364 g/mol. The SMILES string of the molecule is CCN(CC)CCNC(=O)C1CCCN(c2nc3ncccc3n3cccc23)C1. The van der Waals surface area contributed by atoms with Crippen LogP contribution in [0.4, 0.5) is 5.82 Å². The van der Waals surface area contributed by atoms with E-state index in [1.807, 2.05) is 24.4 Å². The van der Waals surface area contributed by atoms with Gasteiger partial charge in [0, 0.05) is 38.6 Å². The molecule has 154 valence electrons. The van der Waals surface area contributed by atoms with Crippen LogP contribution < -0.4 is 10.2 Å². The number of carbonyl (C=O) groups excluding carboxylic acids is 1. The third kappa shape index (κ3) is 4.05. The first-order chi connectivity index (χ1) is 14.2. The minimum absolute atomic E-state index is 0.00306. The van der Waals surface area contributed by atoms with Gasteiger partial charge in [-0.25, -0.2) is 9.97 Å². The van der Waals surface area contributed by atoms with Crippen LogP contribution in [0.25, 0.3) is 16.7 Å². The van der Waals surface area contributed by atoms with E-state index in [0.29, 0.717) is 13.1 Å². The molecule has 7 heteroatoms. The lowest BCUT2D eigenvalue weighted by Gasteiger charge is -2.33. The van der Waals surface area contributed by atoms with E-state index < -0.39 is 0 Å². The lowest BCUT2D eigenvalue weighted by molar-refractivity contribution is -0.125. The molecule has 0 bridgehead atoms. The standard InChI is InChI=1S/C22H30N6O/c1-3-26(4-2)15-12-24-22(29)17-8-6-13-27(16-17)21-19-10-7-14-28(19)18-9-5-11-23-20(18)25-21/h5,7,9-11,14,17H,3-4,6,8,12-13,15-16H2,1-2H3,(H,24,29). The van der Waals surface area contributed by atoms with Gasteiger partial charge in [-0.1, -0.05) is 13.8 Å². The van der Waals surface area contributed by atoms with Crippen LogP contribution in [0.2, 0.25) is 0 Å². The summed E-state index contributed by atoms with van der Waals surface area (Å²) in [7, 11) is 0. The van der Waals surface area contributed by atoms with Crippen molar-refractivity contribution in [2.75, 3.05) is 44.2 Å². The number of hydrogen-bond donors (Lipinski definition) is 1. The molecule has 1 fully saturated rings. The predicted molar refractivity (Wildman–Crippen MR) is 116 cm³/mol. The van der Waals surface area contributed by atoms with Crippen molar-refractivity contribution in [2.45, 2.75) is 26.7 Å². The molecule has 3 aromatic rings. The molecule has 1 amide bonds. The first kappa shape index (κ1) is 19.6. The number of hydrogen-bond acceptors (Lipinski definition) is 5. The monoisotopic (exact) mass is 394 g/mol. The zero-order valence-electron chi connectivity index (χ0n) is 17.3. The van der Waals surface area contributed by atoms with Crippen molar-refractivity contribution in [2.24, 2.45) is 5.92 Å². The highest BCUT2D eigenvalue weighted by Crippen LogP contribution is 2.28. The molecule has 1 N–H and O–H groups in total. The number of anilines is 1. The molecule has 7 nitrogen and oxygen atoms in total. The van der Waals surface area contributed by atoms with Gasteiger partial charge in [0.05, 0.1) is 17.0 Å². The number of pyridine rings is 1. The molecule has 1 unspecified atom stereocenters. The summed E-state index contributed by atoms with van der Waals surface area (Å²) < 4.78 is 2.14. The molecule has 0 spiro atoms. The van der Waals surface area contributed by atoms with Gasteiger partial charge in [-0.05, 0) is 50.2 Å². The van der Waals surface area contributed by atoms with Gasteiger partial charge >= 0.3 is 0 Å². The van der Waals surface area contributed by atoms with Crippen LogP contribution in [0.15, 0.2) is 36.7 Å². The smallest absolute Gasteiger partial charge is 0.224 e. The molecule has 0 radical (unpaired) electrons. The molecule has 3 aromatic heterocycles. The maximum atomic E-state index is 12.8. The lowest BCUT2D eigenvalue weighted by Crippen LogP contribution is -2.45. The third-order valence-electron chi connectivity index (χ3n) is 5.93. The Labute approximate surface area is 171 Å². The number of amides is 1. The number of nitrogens with one attached hydrogen (secondary N) is 1. The highest BCUT2D eigenvalue weighted by Gasteiger charge is 2.28. The van der Waals surface area contributed by atoms with Gasteiger partial charge in [-0.3, -0.25) is 4.79 Å². The van der Waals surface area contributed by atoms with Crippen molar-refractivity contribution >= 4 is 28.4 Å². The van der Waals surface area contributed by atoms with Crippen molar-refractivity contribution in [1.29, 1.82) is 0 Å². The average molecular weight is 395 g/mol. The fourth-order valence-electron chi connectivity index (χ4n) is 4.23. The van der Waals surface area contributed by atoms with Crippen LogP contribution in [0.1, 0.15) is 26.7 Å². The van der Waals surface area contributed by atoms with Gasteiger partial charge in [0.1, 0.15) is 0 Å².